The van der Waals surface area contributed by atoms with Gasteiger partial charge in [-0.2, -0.15) is 0 Å². The van der Waals surface area contributed by atoms with Crippen LogP contribution in [0.5, 0.6) is 0 Å². The average molecular weight is 346 g/mol. The third kappa shape index (κ3) is 5.29. The molecule has 7 heteroatoms. The maximum atomic E-state index is 12.0. The number of piperidine rings is 1. The molecule has 0 radical (unpaired) electrons. The molecular formula is C18H26N4O3. The van der Waals surface area contributed by atoms with E-state index in [0.717, 1.165) is 31.9 Å². The molecule has 7 nitrogen and oxygen atoms in total. The first-order chi connectivity index (χ1) is 12.0. The highest BCUT2D eigenvalue weighted by molar-refractivity contribution is 6.41. The standard InChI is InChI=1S/C18H26N4O3/c1-3-22(4-2)15-7-5-14(6-8-15)20-17(24)18(25)21-16(23)13-9-11-19-12-10-13/h5-8,13,19H,3-4,9-12H2,1-2H3,(H,20,24)(H,21,23,25). The van der Waals surface area contributed by atoms with Crippen LogP contribution in [-0.2, 0) is 14.4 Å². The Labute approximate surface area is 148 Å². The van der Waals surface area contributed by atoms with Crippen molar-refractivity contribution in [1.29, 1.82) is 0 Å². The van der Waals surface area contributed by atoms with Crippen LogP contribution in [0.1, 0.15) is 26.7 Å². The summed E-state index contributed by atoms with van der Waals surface area (Å²) in [6.45, 7) is 7.42. The number of hydrogen-bond acceptors (Lipinski definition) is 5. The molecule has 1 aliphatic heterocycles. The predicted octanol–water partition coefficient (Wildman–Crippen LogP) is 1.11. The molecule has 0 bridgehead atoms. The molecule has 0 atom stereocenters. The van der Waals surface area contributed by atoms with Gasteiger partial charge in [0.1, 0.15) is 0 Å². The summed E-state index contributed by atoms with van der Waals surface area (Å²) >= 11 is 0. The van der Waals surface area contributed by atoms with Crippen LogP contribution in [0.25, 0.3) is 0 Å². The first kappa shape index (κ1) is 18.9. The number of rotatable bonds is 5. The van der Waals surface area contributed by atoms with Crippen molar-refractivity contribution in [2.45, 2.75) is 26.7 Å². The van der Waals surface area contributed by atoms with Crippen molar-refractivity contribution in [2.24, 2.45) is 5.92 Å². The van der Waals surface area contributed by atoms with E-state index >= 15 is 0 Å². The number of nitrogens with zero attached hydrogens (tertiary/aromatic N) is 1. The molecule has 2 rings (SSSR count). The van der Waals surface area contributed by atoms with Gasteiger partial charge in [-0.25, -0.2) is 0 Å². The van der Waals surface area contributed by atoms with E-state index in [1.54, 1.807) is 12.1 Å². The summed E-state index contributed by atoms with van der Waals surface area (Å²) in [5.74, 6) is -2.35. The Morgan fingerprint density at radius 3 is 2.20 bits per heavy atom. The molecule has 1 saturated heterocycles. The van der Waals surface area contributed by atoms with Gasteiger partial charge in [-0.3, -0.25) is 19.7 Å². The second-order valence-corrected chi connectivity index (χ2v) is 6.02. The molecule has 0 spiro atoms. The zero-order valence-corrected chi connectivity index (χ0v) is 14.8. The molecule has 1 fully saturated rings. The lowest BCUT2D eigenvalue weighted by molar-refractivity contribution is -0.141. The van der Waals surface area contributed by atoms with Crippen LogP contribution in [0.15, 0.2) is 24.3 Å². The minimum Gasteiger partial charge on any atom is -0.372 e. The summed E-state index contributed by atoms with van der Waals surface area (Å²) in [6, 6.07) is 7.27. The van der Waals surface area contributed by atoms with Gasteiger partial charge in [-0.15, -0.1) is 0 Å². The maximum Gasteiger partial charge on any atom is 0.316 e. The van der Waals surface area contributed by atoms with E-state index in [1.165, 1.54) is 0 Å². The van der Waals surface area contributed by atoms with Gasteiger partial charge in [-0.1, -0.05) is 0 Å². The van der Waals surface area contributed by atoms with Crippen molar-refractivity contribution in [1.82, 2.24) is 10.6 Å². The van der Waals surface area contributed by atoms with Crippen LogP contribution in [0.3, 0.4) is 0 Å². The summed E-state index contributed by atoms with van der Waals surface area (Å²) in [4.78, 5) is 38.0. The molecule has 1 aliphatic rings. The van der Waals surface area contributed by atoms with Crippen molar-refractivity contribution in [3.8, 4) is 0 Å². The van der Waals surface area contributed by atoms with Gasteiger partial charge in [-0.05, 0) is 64.0 Å². The lowest BCUT2D eigenvalue weighted by Gasteiger charge is -2.21. The molecule has 1 heterocycles. The number of nitrogens with one attached hydrogen (secondary N) is 3. The van der Waals surface area contributed by atoms with Gasteiger partial charge in [0.15, 0.2) is 0 Å². The Balaban J connectivity index is 1.87. The molecule has 0 unspecified atom stereocenters. The Hall–Kier alpha value is -2.41. The van der Waals surface area contributed by atoms with Crippen LogP contribution in [0.4, 0.5) is 11.4 Å². The highest BCUT2D eigenvalue weighted by Gasteiger charge is 2.25. The molecule has 1 aromatic carbocycles. The zero-order chi connectivity index (χ0) is 18.2. The molecule has 136 valence electrons. The first-order valence-electron chi connectivity index (χ1n) is 8.77. The van der Waals surface area contributed by atoms with Gasteiger partial charge in [0.05, 0.1) is 0 Å². The van der Waals surface area contributed by atoms with Crippen LogP contribution >= 0.6 is 0 Å². The van der Waals surface area contributed by atoms with Crippen molar-refractivity contribution in [3.05, 3.63) is 24.3 Å². The van der Waals surface area contributed by atoms with E-state index in [1.807, 2.05) is 12.1 Å². The summed E-state index contributed by atoms with van der Waals surface area (Å²) in [5.41, 5.74) is 1.57. The molecule has 0 aromatic heterocycles. The normalized spacial score (nSPS) is 14.6. The molecule has 0 saturated carbocycles. The quantitative estimate of drug-likeness (QED) is 0.695. The highest BCUT2D eigenvalue weighted by Crippen LogP contribution is 2.17. The third-order valence-corrected chi connectivity index (χ3v) is 4.41. The molecule has 0 aliphatic carbocycles. The largest absolute Gasteiger partial charge is 0.372 e. The molecule has 25 heavy (non-hydrogen) atoms. The van der Waals surface area contributed by atoms with Crippen LogP contribution in [-0.4, -0.2) is 43.9 Å². The van der Waals surface area contributed by atoms with E-state index in [-0.39, 0.29) is 11.8 Å². The molecule has 3 N–H and O–H groups in total. The third-order valence-electron chi connectivity index (χ3n) is 4.41. The summed E-state index contributed by atoms with van der Waals surface area (Å²) in [6.07, 6.45) is 1.35. The molecular weight excluding hydrogens is 320 g/mol. The topological polar surface area (TPSA) is 90.5 Å². The second-order valence-electron chi connectivity index (χ2n) is 6.02. The maximum absolute atomic E-state index is 12.0. The monoisotopic (exact) mass is 346 g/mol. The predicted molar refractivity (Wildman–Crippen MR) is 97.4 cm³/mol. The van der Waals surface area contributed by atoms with Gasteiger partial charge in [0, 0.05) is 30.4 Å². The number of carbonyl (C=O) groups is 3. The van der Waals surface area contributed by atoms with Crippen molar-refractivity contribution >= 4 is 29.1 Å². The SMILES string of the molecule is CCN(CC)c1ccc(NC(=O)C(=O)NC(=O)C2CCNCC2)cc1. The Kier molecular flexibility index (Phi) is 6.94. The van der Waals surface area contributed by atoms with Gasteiger partial charge < -0.3 is 15.5 Å². The molecule has 3 amide bonds. The highest BCUT2D eigenvalue weighted by atomic mass is 16.2. The first-order valence-corrected chi connectivity index (χ1v) is 8.77. The lowest BCUT2D eigenvalue weighted by Crippen LogP contribution is -2.44. The minimum atomic E-state index is -0.920. The smallest absolute Gasteiger partial charge is 0.316 e. The number of carbonyl (C=O) groups excluding carboxylic acids is 3. The summed E-state index contributed by atoms with van der Waals surface area (Å²) in [5, 5.41) is 7.86. The number of anilines is 2. The van der Waals surface area contributed by atoms with Gasteiger partial charge in [0.2, 0.25) is 5.91 Å². The van der Waals surface area contributed by atoms with E-state index in [0.29, 0.717) is 18.5 Å². The second kappa shape index (κ2) is 9.17. The summed E-state index contributed by atoms with van der Waals surface area (Å²) in [7, 11) is 0. The number of amides is 3. The van der Waals surface area contributed by atoms with E-state index < -0.39 is 11.8 Å². The number of hydrogen-bond donors (Lipinski definition) is 3. The van der Waals surface area contributed by atoms with Crippen molar-refractivity contribution < 1.29 is 14.4 Å². The average Bonchev–Trinajstić information content (AvgIpc) is 2.64. The van der Waals surface area contributed by atoms with E-state index in [9.17, 15) is 14.4 Å². The lowest BCUT2D eigenvalue weighted by atomic mass is 9.97. The van der Waals surface area contributed by atoms with Gasteiger partial charge >= 0.3 is 11.8 Å². The fourth-order valence-electron chi connectivity index (χ4n) is 2.89. The van der Waals surface area contributed by atoms with Crippen LogP contribution in [0.2, 0.25) is 0 Å². The fraction of sp³-hybridized carbons (Fsp3) is 0.500. The Bertz CT molecular complexity index is 605. The van der Waals surface area contributed by atoms with Crippen molar-refractivity contribution in [2.75, 3.05) is 36.4 Å². The van der Waals surface area contributed by atoms with E-state index in [4.69, 9.17) is 0 Å². The summed E-state index contributed by atoms with van der Waals surface area (Å²) < 4.78 is 0. The number of benzene rings is 1. The Morgan fingerprint density at radius 1 is 1.04 bits per heavy atom. The van der Waals surface area contributed by atoms with Crippen LogP contribution < -0.4 is 20.9 Å². The van der Waals surface area contributed by atoms with Crippen molar-refractivity contribution in [3.63, 3.8) is 0 Å². The Morgan fingerprint density at radius 2 is 1.64 bits per heavy atom. The number of imide groups is 1. The van der Waals surface area contributed by atoms with E-state index in [2.05, 4.69) is 34.7 Å². The zero-order valence-electron chi connectivity index (χ0n) is 14.8. The molecule has 1 aromatic rings. The van der Waals surface area contributed by atoms with Crippen LogP contribution in [0, 0.1) is 5.92 Å². The fourth-order valence-corrected chi connectivity index (χ4v) is 2.89. The van der Waals surface area contributed by atoms with Gasteiger partial charge in [0.25, 0.3) is 0 Å². The minimum absolute atomic E-state index is 0.216.